The van der Waals surface area contributed by atoms with Gasteiger partial charge in [0.1, 0.15) is 6.10 Å². The van der Waals surface area contributed by atoms with Crippen molar-refractivity contribution in [3.05, 3.63) is 71.3 Å². The van der Waals surface area contributed by atoms with E-state index in [-0.39, 0.29) is 12.0 Å². The van der Waals surface area contributed by atoms with Crippen molar-refractivity contribution in [1.82, 2.24) is 4.90 Å². The van der Waals surface area contributed by atoms with E-state index >= 15 is 0 Å². The molecule has 1 fully saturated rings. The largest absolute Gasteiger partial charge is 0.370 e. The van der Waals surface area contributed by atoms with E-state index in [0.717, 1.165) is 12.0 Å². The number of carbonyl (C=O) groups is 1. The molecule has 0 saturated carbocycles. The van der Waals surface area contributed by atoms with Crippen LogP contribution in [0.3, 0.4) is 0 Å². The molecule has 1 saturated heterocycles. The van der Waals surface area contributed by atoms with Crippen LogP contribution < -0.4 is 0 Å². The predicted octanol–water partition coefficient (Wildman–Crippen LogP) is 3.53. The smallest absolute Gasteiger partial charge is 0.223 e. The summed E-state index contributed by atoms with van der Waals surface area (Å²) in [6.07, 6.45) is 1.35. The number of amides is 1. The van der Waals surface area contributed by atoms with Crippen molar-refractivity contribution in [2.45, 2.75) is 25.9 Å². The third kappa shape index (κ3) is 4.20. The topological polar surface area (TPSA) is 29.5 Å². The Hall–Kier alpha value is -2.13. The monoisotopic (exact) mass is 309 g/mol. The van der Waals surface area contributed by atoms with Gasteiger partial charge in [0.2, 0.25) is 5.91 Å². The Kier molecular flexibility index (Phi) is 5.09. The maximum Gasteiger partial charge on any atom is 0.223 e. The van der Waals surface area contributed by atoms with Crippen molar-refractivity contribution < 1.29 is 9.53 Å². The Bertz CT molecular complexity index is 636. The van der Waals surface area contributed by atoms with Crippen molar-refractivity contribution in [1.29, 1.82) is 0 Å². The molecule has 23 heavy (non-hydrogen) atoms. The van der Waals surface area contributed by atoms with E-state index in [1.807, 2.05) is 23.1 Å². The number of carbonyl (C=O) groups excluding carboxylic acids is 1. The second-order valence-electron chi connectivity index (χ2n) is 6.10. The number of benzene rings is 2. The molecule has 1 aliphatic heterocycles. The number of rotatable bonds is 4. The van der Waals surface area contributed by atoms with Gasteiger partial charge in [0.15, 0.2) is 0 Å². The SMILES string of the molecule is Cc1ccc(C2CN(C(=O)CCc3ccccc3)CCO2)cc1. The molecule has 0 aromatic heterocycles. The molecule has 2 aromatic carbocycles. The highest BCUT2D eigenvalue weighted by Gasteiger charge is 2.25. The zero-order chi connectivity index (χ0) is 16.1. The normalized spacial score (nSPS) is 18.0. The van der Waals surface area contributed by atoms with Gasteiger partial charge in [0.05, 0.1) is 13.2 Å². The van der Waals surface area contributed by atoms with Gasteiger partial charge in [-0.3, -0.25) is 4.79 Å². The molecule has 3 heteroatoms. The van der Waals surface area contributed by atoms with Crippen molar-refractivity contribution in [2.24, 2.45) is 0 Å². The lowest BCUT2D eigenvalue weighted by atomic mass is 10.1. The summed E-state index contributed by atoms with van der Waals surface area (Å²) < 4.78 is 5.85. The average molecular weight is 309 g/mol. The van der Waals surface area contributed by atoms with Crippen LogP contribution in [-0.2, 0) is 16.0 Å². The maximum absolute atomic E-state index is 12.5. The van der Waals surface area contributed by atoms with Gasteiger partial charge in [0, 0.05) is 13.0 Å². The van der Waals surface area contributed by atoms with Gasteiger partial charge in [-0.05, 0) is 24.5 Å². The van der Waals surface area contributed by atoms with E-state index in [0.29, 0.717) is 26.1 Å². The molecular formula is C20H23NO2. The highest BCUT2D eigenvalue weighted by Crippen LogP contribution is 2.23. The first-order valence-electron chi connectivity index (χ1n) is 8.22. The number of nitrogens with zero attached hydrogens (tertiary/aromatic N) is 1. The van der Waals surface area contributed by atoms with Gasteiger partial charge in [0.25, 0.3) is 0 Å². The van der Waals surface area contributed by atoms with E-state index < -0.39 is 0 Å². The lowest BCUT2D eigenvalue weighted by molar-refractivity contribution is -0.139. The predicted molar refractivity (Wildman–Crippen MR) is 91.2 cm³/mol. The zero-order valence-corrected chi connectivity index (χ0v) is 13.6. The molecule has 120 valence electrons. The second-order valence-corrected chi connectivity index (χ2v) is 6.10. The summed E-state index contributed by atoms with van der Waals surface area (Å²) in [5.74, 6) is 0.217. The molecule has 3 rings (SSSR count). The van der Waals surface area contributed by atoms with Crippen LogP contribution in [0.15, 0.2) is 54.6 Å². The van der Waals surface area contributed by atoms with Crippen LogP contribution in [0.25, 0.3) is 0 Å². The summed E-state index contributed by atoms with van der Waals surface area (Å²) in [4.78, 5) is 14.4. The number of hydrogen-bond acceptors (Lipinski definition) is 2. The number of ether oxygens (including phenoxy) is 1. The fourth-order valence-corrected chi connectivity index (χ4v) is 2.91. The summed E-state index contributed by atoms with van der Waals surface area (Å²) in [5.41, 5.74) is 3.60. The van der Waals surface area contributed by atoms with Crippen molar-refractivity contribution in [3.63, 3.8) is 0 Å². The van der Waals surface area contributed by atoms with Crippen LogP contribution in [0.4, 0.5) is 0 Å². The minimum atomic E-state index is -0.00924. The van der Waals surface area contributed by atoms with Gasteiger partial charge in [-0.25, -0.2) is 0 Å². The van der Waals surface area contributed by atoms with E-state index in [1.54, 1.807) is 0 Å². The minimum Gasteiger partial charge on any atom is -0.370 e. The molecule has 2 aromatic rings. The molecule has 1 atom stereocenters. The van der Waals surface area contributed by atoms with E-state index in [4.69, 9.17) is 4.74 Å². The fraction of sp³-hybridized carbons (Fsp3) is 0.350. The highest BCUT2D eigenvalue weighted by molar-refractivity contribution is 5.76. The summed E-state index contributed by atoms with van der Waals surface area (Å²) in [6.45, 7) is 4.02. The van der Waals surface area contributed by atoms with Gasteiger partial charge in [-0.2, -0.15) is 0 Å². The summed E-state index contributed by atoms with van der Waals surface area (Å²) in [7, 11) is 0. The molecule has 0 aliphatic carbocycles. The van der Waals surface area contributed by atoms with Crippen LogP contribution in [0.5, 0.6) is 0 Å². The molecule has 1 aliphatic rings. The molecule has 1 amide bonds. The number of morpholine rings is 1. The van der Waals surface area contributed by atoms with Gasteiger partial charge in [-0.15, -0.1) is 0 Å². The highest BCUT2D eigenvalue weighted by atomic mass is 16.5. The molecule has 1 heterocycles. The number of aryl methyl sites for hydroxylation is 2. The second kappa shape index (κ2) is 7.42. The molecule has 0 spiro atoms. The zero-order valence-electron chi connectivity index (χ0n) is 13.6. The lowest BCUT2D eigenvalue weighted by Gasteiger charge is -2.33. The van der Waals surface area contributed by atoms with E-state index in [2.05, 4.69) is 43.3 Å². The minimum absolute atomic E-state index is 0.00924. The fourth-order valence-electron chi connectivity index (χ4n) is 2.91. The first-order valence-corrected chi connectivity index (χ1v) is 8.22. The van der Waals surface area contributed by atoms with Crippen LogP contribution in [-0.4, -0.2) is 30.5 Å². The first kappa shape index (κ1) is 15.8. The van der Waals surface area contributed by atoms with Crippen LogP contribution in [0.2, 0.25) is 0 Å². The average Bonchev–Trinajstić information content (AvgIpc) is 2.61. The van der Waals surface area contributed by atoms with Gasteiger partial charge in [-0.1, -0.05) is 60.2 Å². The van der Waals surface area contributed by atoms with E-state index in [1.165, 1.54) is 11.1 Å². The Morgan fingerprint density at radius 1 is 1.13 bits per heavy atom. The summed E-state index contributed by atoms with van der Waals surface area (Å²) in [5, 5.41) is 0. The first-order chi connectivity index (χ1) is 11.2. The lowest BCUT2D eigenvalue weighted by Crippen LogP contribution is -2.42. The molecule has 3 nitrogen and oxygen atoms in total. The molecule has 0 radical (unpaired) electrons. The van der Waals surface area contributed by atoms with Crippen LogP contribution >= 0.6 is 0 Å². The number of hydrogen-bond donors (Lipinski definition) is 0. The van der Waals surface area contributed by atoms with Gasteiger partial charge >= 0.3 is 0 Å². The summed E-state index contributed by atoms with van der Waals surface area (Å²) in [6, 6.07) is 18.5. The Morgan fingerprint density at radius 3 is 2.61 bits per heavy atom. The van der Waals surface area contributed by atoms with E-state index in [9.17, 15) is 4.79 Å². The molecule has 1 unspecified atom stereocenters. The third-order valence-electron chi connectivity index (χ3n) is 4.34. The van der Waals surface area contributed by atoms with Crippen molar-refractivity contribution >= 4 is 5.91 Å². The molecule has 0 N–H and O–H groups in total. The Morgan fingerprint density at radius 2 is 1.87 bits per heavy atom. The maximum atomic E-state index is 12.5. The quantitative estimate of drug-likeness (QED) is 0.865. The van der Waals surface area contributed by atoms with Crippen molar-refractivity contribution in [3.8, 4) is 0 Å². The third-order valence-corrected chi connectivity index (χ3v) is 4.34. The van der Waals surface area contributed by atoms with Gasteiger partial charge < -0.3 is 9.64 Å². The molecule has 0 bridgehead atoms. The summed E-state index contributed by atoms with van der Waals surface area (Å²) >= 11 is 0. The molecular weight excluding hydrogens is 286 g/mol. The Labute approximate surface area is 137 Å². The van der Waals surface area contributed by atoms with Crippen LogP contribution in [0.1, 0.15) is 29.2 Å². The Balaban J connectivity index is 1.57. The van der Waals surface area contributed by atoms with Crippen molar-refractivity contribution in [2.75, 3.05) is 19.7 Å². The van der Waals surface area contributed by atoms with Crippen LogP contribution in [0, 0.1) is 6.92 Å². The standard InChI is InChI=1S/C20H23NO2/c1-16-7-10-18(11-8-16)19-15-21(13-14-23-19)20(22)12-9-17-5-3-2-4-6-17/h2-8,10-11,19H,9,12-15H2,1H3.